The fourth-order valence-electron chi connectivity index (χ4n) is 4.67. The second-order valence-electron chi connectivity index (χ2n) is 8.65. The van der Waals surface area contributed by atoms with E-state index in [2.05, 4.69) is 97.9 Å². The Kier molecular flexibility index (Phi) is 5.86. The van der Waals surface area contributed by atoms with E-state index in [9.17, 15) is 0 Å². The quantitative estimate of drug-likeness (QED) is 0.544. The Balaban J connectivity index is 2.33. The van der Waals surface area contributed by atoms with Crippen LogP contribution in [0.5, 0.6) is 0 Å². The largest absolute Gasteiger partial charge is 0.135 e. The monoisotopic (exact) mass is 387 g/mol. The maximum Gasteiger partial charge on any atom is 0.135 e. The van der Waals surface area contributed by atoms with Crippen LogP contribution in [0.4, 0.5) is 0 Å². The highest BCUT2D eigenvalue weighted by molar-refractivity contribution is 6.89. The molecule has 0 N–H and O–H groups in total. The summed E-state index contributed by atoms with van der Waals surface area (Å²) in [5.41, 5.74) is 10.3. The molecule has 0 aromatic heterocycles. The van der Waals surface area contributed by atoms with Crippen molar-refractivity contribution in [3.05, 3.63) is 81.4 Å². The molecule has 0 heterocycles. The number of hydrogen-bond acceptors (Lipinski definition) is 0. The van der Waals surface area contributed by atoms with Crippen molar-refractivity contribution < 1.29 is 0 Å². The highest BCUT2D eigenvalue weighted by atomic mass is 28.3. The maximum absolute atomic E-state index is 2.57. The van der Waals surface area contributed by atoms with Gasteiger partial charge < -0.3 is 0 Å². The summed E-state index contributed by atoms with van der Waals surface area (Å²) in [7, 11) is -1.04. The molecule has 1 atom stereocenters. The fraction of sp³-hybridized carbons (Fsp3) is 0.407. The van der Waals surface area contributed by atoms with Gasteiger partial charge in [-0.05, 0) is 75.3 Å². The lowest BCUT2D eigenvalue weighted by atomic mass is 10.0. The van der Waals surface area contributed by atoms with Gasteiger partial charge in [0, 0.05) is 5.04 Å². The molecular weight excluding hydrogens is 352 g/mol. The van der Waals surface area contributed by atoms with Crippen molar-refractivity contribution >= 4 is 19.2 Å². The number of benzene rings is 2. The van der Waals surface area contributed by atoms with E-state index < -0.39 is 8.80 Å². The van der Waals surface area contributed by atoms with Crippen molar-refractivity contribution in [2.75, 3.05) is 0 Å². The molecule has 0 fully saturated rings. The van der Waals surface area contributed by atoms with E-state index in [0.717, 1.165) is 12.8 Å². The molecule has 1 aliphatic carbocycles. The third-order valence-electron chi connectivity index (χ3n) is 6.99. The van der Waals surface area contributed by atoms with Crippen LogP contribution >= 0.6 is 0 Å². The van der Waals surface area contributed by atoms with Crippen molar-refractivity contribution in [1.29, 1.82) is 0 Å². The molecule has 0 spiro atoms. The molecule has 147 valence electrons. The normalized spacial score (nSPS) is 19.5. The van der Waals surface area contributed by atoms with Crippen LogP contribution in [0.25, 0.3) is 0 Å². The first kappa shape index (κ1) is 20.9. The van der Waals surface area contributed by atoms with Crippen LogP contribution in [-0.4, -0.2) is 8.80 Å². The molecule has 0 saturated carbocycles. The Hall–Kier alpha value is -1.86. The SMILES string of the molecule is CCc1cc(CC)cc([Si](c2cccc(C)c2C)C2(C)C=C(C)C(C)=C2C)c1. The second-order valence-corrected chi connectivity index (χ2v) is 11.6. The van der Waals surface area contributed by atoms with E-state index in [1.165, 1.54) is 33.4 Å². The van der Waals surface area contributed by atoms with Crippen molar-refractivity contribution in [2.24, 2.45) is 0 Å². The minimum atomic E-state index is -1.04. The highest BCUT2D eigenvalue weighted by Crippen LogP contribution is 2.48. The van der Waals surface area contributed by atoms with E-state index >= 15 is 0 Å². The molecule has 0 amide bonds. The van der Waals surface area contributed by atoms with Crippen LogP contribution in [0, 0.1) is 13.8 Å². The van der Waals surface area contributed by atoms with Crippen molar-refractivity contribution in [1.82, 2.24) is 0 Å². The Morgan fingerprint density at radius 2 is 1.46 bits per heavy atom. The van der Waals surface area contributed by atoms with E-state index in [1.54, 1.807) is 15.9 Å². The third kappa shape index (κ3) is 3.46. The Labute approximate surface area is 174 Å². The molecule has 0 aliphatic heterocycles. The zero-order valence-electron chi connectivity index (χ0n) is 19.0. The number of rotatable bonds is 5. The van der Waals surface area contributed by atoms with Gasteiger partial charge in [-0.3, -0.25) is 0 Å². The van der Waals surface area contributed by atoms with Gasteiger partial charge >= 0.3 is 0 Å². The first-order valence-corrected chi connectivity index (χ1v) is 12.2. The van der Waals surface area contributed by atoms with E-state index in [-0.39, 0.29) is 5.04 Å². The van der Waals surface area contributed by atoms with Crippen LogP contribution in [0.3, 0.4) is 0 Å². The lowest BCUT2D eigenvalue weighted by Gasteiger charge is -2.35. The summed E-state index contributed by atoms with van der Waals surface area (Å²) in [6.45, 7) is 18.6. The third-order valence-corrected chi connectivity index (χ3v) is 10.5. The topological polar surface area (TPSA) is 0 Å². The summed E-state index contributed by atoms with van der Waals surface area (Å²) in [6.07, 6.45) is 4.77. The Bertz CT molecular complexity index is 938. The molecule has 3 rings (SSSR count). The predicted molar refractivity (Wildman–Crippen MR) is 127 cm³/mol. The fourth-order valence-corrected chi connectivity index (χ4v) is 8.55. The number of hydrogen-bond donors (Lipinski definition) is 0. The molecule has 0 bridgehead atoms. The Morgan fingerprint density at radius 3 is 1.96 bits per heavy atom. The summed E-state index contributed by atoms with van der Waals surface area (Å²) in [6, 6.07) is 14.3. The van der Waals surface area contributed by atoms with Gasteiger partial charge in [-0.2, -0.15) is 0 Å². The van der Waals surface area contributed by atoms with Crippen LogP contribution in [0.1, 0.15) is 63.8 Å². The van der Waals surface area contributed by atoms with Gasteiger partial charge in [0.05, 0.1) is 0 Å². The molecule has 0 nitrogen and oxygen atoms in total. The lowest BCUT2D eigenvalue weighted by Crippen LogP contribution is -2.52. The number of aryl methyl sites for hydroxylation is 3. The summed E-state index contributed by atoms with van der Waals surface area (Å²) in [5, 5.41) is 3.24. The molecule has 28 heavy (non-hydrogen) atoms. The van der Waals surface area contributed by atoms with Crippen LogP contribution in [-0.2, 0) is 12.8 Å². The molecule has 1 aliphatic rings. The van der Waals surface area contributed by atoms with Crippen molar-refractivity contribution in [2.45, 2.75) is 73.3 Å². The second kappa shape index (κ2) is 7.87. The molecule has 0 saturated heterocycles. The minimum absolute atomic E-state index is 0.106. The van der Waals surface area contributed by atoms with Gasteiger partial charge in [0.2, 0.25) is 0 Å². The van der Waals surface area contributed by atoms with E-state index in [4.69, 9.17) is 0 Å². The van der Waals surface area contributed by atoms with Crippen LogP contribution in [0.2, 0.25) is 5.04 Å². The molecule has 1 radical (unpaired) electrons. The number of allylic oxidation sites excluding steroid dienone is 4. The average molecular weight is 388 g/mol. The van der Waals surface area contributed by atoms with E-state index in [1.807, 2.05) is 0 Å². The summed E-state index contributed by atoms with van der Waals surface area (Å²) >= 11 is 0. The highest BCUT2D eigenvalue weighted by Gasteiger charge is 2.42. The minimum Gasteiger partial charge on any atom is -0.0735 e. The zero-order valence-corrected chi connectivity index (χ0v) is 20.0. The molecular formula is C27H35Si. The first-order valence-electron chi connectivity index (χ1n) is 10.7. The molecule has 1 heteroatoms. The summed E-state index contributed by atoms with van der Waals surface area (Å²) in [4.78, 5) is 0. The standard InChI is InChI=1S/C27H35Si/c1-9-23-14-24(10-2)16-25(15-23)28(26-13-11-12-18(3)21(26)6)27(8)17-19(4)20(5)22(27)7/h11-17H,9-10H2,1-8H3. The van der Waals surface area contributed by atoms with Crippen LogP contribution < -0.4 is 10.4 Å². The van der Waals surface area contributed by atoms with Crippen LogP contribution in [0.15, 0.2) is 59.2 Å². The molecule has 2 aromatic carbocycles. The summed E-state index contributed by atoms with van der Waals surface area (Å²) < 4.78 is 0. The van der Waals surface area contributed by atoms with Gasteiger partial charge in [-0.1, -0.05) is 84.8 Å². The van der Waals surface area contributed by atoms with Crippen molar-refractivity contribution in [3.8, 4) is 0 Å². The molecule has 2 aromatic rings. The maximum atomic E-state index is 2.57. The predicted octanol–water partition coefficient (Wildman–Crippen LogP) is 6.09. The van der Waals surface area contributed by atoms with Gasteiger partial charge in [0.15, 0.2) is 0 Å². The average Bonchev–Trinajstić information content (AvgIpc) is 2.88. The van der Waals surface area contributed by atoms with Crippen molar-refractivity contribution in [3.63, 3.8) is 0 Å². The molecule has 1 unspecified atom stereocenters. The summed E-state index contributed by atoms with van der Waals surface area (Å²) in [5.74, 6) is 0. The van der Waals surface area contributed by atoms with Gasteiger partial charge in [-0.25, -0.2) is 0 Å². The van der Waals surface area contributed by atoms with Gasteiger partial charge in [0.25, 0.3) is 0 Å². The Morgan fingerprint density at radius 1 is 0.857 bits per heavy atom. The first-order chi connectivity index (χ1) is 13.2. The van der Waals surface area contributed by atoms with Gasteiger partial charge in [0.1, 0.15) is 8.80 Å². The van der Waals surface area contributed by atoms with Gasteiger partial charge in [-0.15, -0.1) is 0 Å². The smallest absolute Gasteiger partial charge is 0.0735 e. The zero-order chi connectivity index (χ0) is 20.6. The lowest BCUT2D eigenvalue weighted by molar-refractivity contribution is 0.882. The van der Waals surface area contributed by atoms with E-state index in [0.29, 0.717) is 0 Å².